The van der Waals surface area contributed by atoms with Crippen molar-refractivity contribution in [1.82, 2.24) is 9.80 Å². The van der Waals surface area contributed by atoms with E-state index in [1.807, 2.05) is 37.1 Å². The Morgan fingerprint density at radius 3 is 2.74 bits per heavy atom. The fourth-order valence-electron chi connectivity index (χ4n) is 4.20. The SMILES string of the molecule is COc1ccc(C)cc1N1C[C@H](C(=O)N(C)[C@@H]2CCN(C)[C@@H](C)C2)CC1=O. The van der Waals surface area contributed by atoms with E-state index in [-0.39, 0.29) is 30.2 Å². The van der Waals surface area contributed by atoms with Gasteiger partial charge in [-0.25, -0.2) is 0 Å². The molecule has 1 aromatic rings. The fourth-order valence-corrected chi connectivity index (χ4v) is 4.20. The third-order valence-electron chi connectivity index (χ3n) is 6.18. The zero-order chi connectivity index (χ0) is 19.7. The lowest BCUT2D eigenvalue weighted by Gasteiger charge is -2.40. The van der Waals surface area contributed by atoms with Gasteiger partial charge in [-0.3, -0.25) is 9.59 Å². The van der Waals surface area contributed by atoms with Crippen LogP contribution in [0.3, 0.4) is 0 Å². The molecule has 0 unspecified atom stereocenters. The van der Waals surface area contributed by atoms with Crippen LogP contribution in [0.2, 0.25) is 0 Å². The second kappa shape index (κ2) is 7.89. The average molecular weight is 373 g/mol. The molecule has 0 radical (unpaired) electrons. The van der Waals surface area contributed by atoms with E-state index in [9.17, 15) is 9.59 Å². The number of carbonyl (C=O) groups excluding carboxylic acids is 2. The lowest BCUT2D eigenvalue weighted by Crippen LogP contribution is -2.49. The van der Waals surface area contributed by atoms with Gasteiger partial charge in [0.1, 0.15) is 5.75 Å². The molecule has 6 heteroatoms. The Labute approximate surface area is 162 Å². The van der Waals surface area contributed by atoms with E-state index in [4.69, 9.17) is 4.74 Å². The second-order valence-corrected chi connectivity index (χ2v) is 8.04. The van der Waals surface area contributed by atoms with Crippen LogP contribution in [0.5, 0.6) is 5.75 Å². The van der Waals surface area contributed by atoms with Crippen molar-refractivity contribution in [2.75, 3.05) is 39.2 Å². The van der Waals surface area contributed by atoms with Gasteiger partial charge in [-0.1, -0.05) is 6.07 Å². The van der Waals surface area contributed by atoms with Crippen molar-refractivity contribution in [1.29, 1.82) is 0 Å². The summed E-state index contributed by atoms with van der Waals surface area (Å²) in [6.07, 6.45) is 2.23. The summed E-state index contributed by atoms with van der Waals surface area (Å²) in [7, 11) is 5.63. The molecule has 0 spiro atoms. The fraction of sp³-hybridized carbons (Fsp3) is 0.619. The van der Waals surface area contributed by atoms with E-state index in [0.717, 1.165) is 30.6 Å². The number of hydrogen-bond donors (Lipinski definition) is 0. The molecule has 27 heavy (non-hydrogen) atoms. The van der Waals surface area contributed by atoms with Crippen LogP contribution in [0.25, 0.3) is 0 Å². The summed E-state index contributed by atoms with van der Waals surface area (Å²) in [5.41, 5.74) is 1.82. The van der Waals surface area contributed by atoms with Crippen molar-refractivity contribution in [3.8, 4) is 5.75 Å². The van der Waals surface area contributed by atoms with Gasteiger partial charge in [-0.2, -0.15) is 0 Å². The van der Waals surface area contributed by atoms with Crippen LogP contribution >= 0.6 is 0 Å². The molecule has 0 aromatic heterocycles. The van der Waals surface area contributed by atoms with E-state index < -0.39 is 0 Å². The highest BCUT2D eigenvalue weighted by atomic mass is 16.5. The number of nitrogens with zero attached hydrogens (tertiary/aromatic N) is 3. The first kappa shape index (κ1) is 19.7. The van der Waals surface area contributed by atoms with E-state index >= 15 is 0 Å². The highest BCUT2D eigenvalue weighted by Gasteiger charge is 2.39. The second-order valence-electron chi connectivity index (χ2n) is 8.04. The number of methoxy groups -OCH3 is 1. The number of ether oxygens (including phenoxy) is 1. The lowest BCUT2D eigenvalue weighted by atomic mass is 9.96. The van der Waals surface area contributed by atoms with E-state index in [0.29, 0.717) is 18.3 Å². The van der Waals surface area contributed by atoms with Gasteiger partial charge in [-0.15, -0.1) is 0 Å². The predicted octanol–water partition coefficient (Wildman–Crippen LogP) is 2.30. The smallest absolute Gasteiger partial charge is 0.228 e. The molecule has 1 aromatic carbocycles. The summed E-state index contributed by atoms with van der Waals surface area (Å²) >= 11 is 0. The summed E-state index contributed by atoms with van der Waals surface area (Å²) in [4.78, 5) is 31.7. The standard InChI is InChI=1S/C21H31N3O3/c1-14-6-7-19(27-5)18(10-14)24-13-16(12-20(24)25)21(26)23(4)17-8-9-22(3)15(2)11-17/h6-7,10,15-17H,8-9,11-13H2,1-5H3/t15-,16+,17+/m0/s1. The molecule has 148 valence electrons. The van der Waals surface area contributed by atoms with Gasteiger partial charge < -0.3 is 19.4 Å². The van der Waals surface area contributed by atoms with Crippen molar-refractivity contribution in [3.63, 3.8) is 0 Å². The molecule has 2 aliphatic rings. The average Bonchev–Trinajstić information content (AvgIpc) is 3.04. The summed E-state index contributed by atoms with van der Waals surface area (Å²) in [6, 6.07) is 6.50. The summed E-state index contributed by atoms with van der Waals surface area (Å²) in [6.45, 7) is 5.61. The number of hydrogen-bond acceptors (Lipinski definition) is 4. The van der Waals surface area contributed by atoms with Crippen LogP contribution in [0.15, 0.2) is 18.2 Å². The number of piperidine rings is 1. The third-order valence-corrected chi connectivity index (χ3v) is 6.18. The quantitative estimate of drug-likeness (QED) is 0.813. The van der Waals surface area contributed by atoms with Gasteiger partial charge in [0.2, 0.25) is 11.8 Å². The minimum Gasteiger partial charge on any atom is -0.495 e. The Kier molecular flexibility index (Phi) is 5.75. The first-order valence-electron chi connectivity index (χ1n) is 9.73. The number of carbonyl (C=O) groups is 2. The normalized spacial score (nSPS) is 26.3. The molecular weight excluding hydrogens is 342 g/mol. The van der Waals surface area contributed by atoms with Crippen molar-refractivity contribution in [2.24, 2.45) is 5.92 Å². The van der Waals surface area contributed by atoms with Gasteiger partial charge in [0.05, 0.1) is 18.7 Å². The molecule has 0 bridgehead atoms. The van der Waals surface area contributed by atoms with E-state index in [2.05, 4.69) is 18.9 Å². The predicted molar refractivity (Wildman–Crippen MR) is 106 cm³/mol. The Balaban J connectivity index is 1.71. The molecule has 2 amide bonds. The van der Waals surface area contributed by atoms with Gasteiger partial charge in [0.15, 0.2) is 0 Å². The number of rotatable bonds is 4. The number of amides is 2. The molecule has 2 saturated heterocycles. The Morgan fingerprint density at radius 1 is 1.33 bits per heavy atom. The first-order chi connectivity index (χ1) is 12.8. The minimum absolute atomic E-state index is 0.0117. The zero-order valence-corrected chi connectivity index (χ0v) is 17.1. The maximum absolute atomic E-state index is 13.1. The molecule has 2 heterocycles. The molecule has 0 N–H and O–H groups in total. The molecule has 3 rings (SSSR count). The molecule has 0 aliphatic carbocycles. The monoisotopic (exact) mass is 373 g/mol. The first-order valence-corrected chi connectivity index (χ1v) is 9.73. The molecule has 2 aliphatic heterocycles. The highest BCUT2D eigenvalue weighted by Crippen LogP contribution is 2.34. The molecule has 2 fully saturated rings. The van der Waals surface area contributed by atoms with Gasteiger partial charge in [0.25, 0.3) is 0 Å². The molecular formula is C21H31N3O3. The molecule has 6 nitrogen and oxygen atoms in total. The molecule has 0 saturated carbocycles. The Hall–Kier alpha value is -2.08. The van der Waals surface area contributed by atoms with Crippen LogP contribution in [-0.2, 0) is 9.59 Å². The Morgan fingerprint density at radius 2 is 2.07 bits per heavy atom. The highest BCUT2D eigenvalue weighted by molar-refractivity contribution is 6.01. The largest absolute Gasteiger partial charge is 0.495 e. The van der Waals surface area contributed by atoms with Crippen molar-refractivity contribution >= 4 is 17.5 Å². The maximum atomic E-state index is 13.1. The topological polar surface area (TPSA) is 53.1 Å². The number of benzene rings is 1. The van der Waals surface area contributed by atoms with Crippen LogP contribution in [-0.4, -0.2) is 68.0 Å². The van der Waals surface area contributed by atoms with Crippen LogP contribution < -0.4 is 9.64 Å². The number of anilines is 1. The minimum atomic E-state index is -0.289. The van der Waals surface area contributed by atoms with Gasteiger partial charge in [-0.05, 0) is 51.4 Å². The van der Waals surface area contributed by atoms with E-state index in [1.54, 1.807) is 12.0 Å². The van der Waals surface area contributed by atoms with Crippen LogP contribution in [0.4, 0.5) is 5.69 Å². The van der Waals surface area contributed by atoms with Crippen molar-refractivity contribution in [2.45, 2.75) is 45.2 Å². The molecule has 3 atom stereocenters. The third kappa shape index (κ3) is 3.95. The van der Waals surface area contributed by atoms with Gasteiger partial charge >= 0.3 is 0 Å². The summed E-state index contributed by atoms with van der Waals surface area (Å²) < 4.78 is 5.43. The summed E-state index contributed by atoms with van der Waals surface area (Å²) in [5.74, 6) is 0.448. The lowest BCUT2D eigenvalue weighted by molar-refractivity contribution is -0.137. The Bertz CT molecular complexity index is 721. The van der Waals surface area contributed by atoms with Crippen LogP contribution in [0.1, 0.15) is 31.7 Å². The number of likely N-dealkylation sites (tertiary alicyclic amines) is 1. The summed E-state index contributed by atoms with van der Waals surface area (Å²) in [5, 5.41) is 0. The zero-order valence-electron chi connectivity index (χ0n) is 17.1. The van der Waals surface area contributed by atoms with Crippen molar-refractivity contribution in [3.05, 3.63) is 23.8 Å². The maximum Gasteiger partial charge on any atom is 0.228 e. The van der Waals surface area contributed by atoms with Crippen LogP contribution in [0, 0.1) is 12.8 Å². The van der Waals surface area contributed by atoms with Gasteiger partial charge in [0, 0.05) is 38.6 Å². The van der Waals surface area contributed by atoms with E-state index in [1.165, 1.54) is 0 Å². The number of aryl methyl sites for hydroxylation is 1. The van der Waals surface area contributed by atoms with Crippen molar-refractivity contribution < 1.29 is 14.3 Å².